The monoisotopic (exact) mass is 271 g/mol. The normalized spacial score (nSPS) is 27.3. The summed E-state index contributed by atoms with van der Waals surface area (Å²) in [6, 6.07) is -0.497. The fraction of sp³-hybridized carbons (Fsp3) is 0.786. The van der Waals surface area contributed by atoms with Crippen molar-refractivity contribution in [2.24, 2.45) is 5.73 Å². The molecule has 0 amide bonds. The highest BCUT2D eigenvalue weighted by atomic mass is 16.5. The molecule has 0 aromatic carbocycles. The summed E-state index contributed by atoms with van der Waals surface area (Å²) in [6.07, 6.45) is 2.44. The number of carbonyl (C=O) groups excluding carboxylic acids is 1. The molecule has 1 aliphatic rings. The summed E-state index contributed by atoms with van der Waals surface area (Å²) in [5.74, 6) is -0.372. The number of ether oxygens (including phenoxy) is 2. The van der Waals surface area contributed by atoms with Gasteiger partial charge >= 0.3 is 5.97 Å². The highest BCUT2D eigenvalue weighted by molar-refractivity contribution is 5.89. The van der Waals surface area contributed by atoms with Crippen LogP contribution in [0.2, 0.25) is 0 Å². The summed E-state index contributed by atoms with van der Waals surface area (Å²) < 4.78 is 10.8. The van der Waals surface area contributed by atoms with E-state index < -0.39 is 18.2 Å². The van der Waals surface area contributed by atoms with Crippen molar-refractivity contribution in [2.45, 2.75) is 64.4 Å². The minimum Gasteiger partial charge on any atom is -0.463 e. The van der Waals surface area contributed by atoms with Gasteiger partial charge in [0.2, 0.25) is 0 Å². The zero-order valence-corrected chi connectivity index (χ0v) is 12.0. The molecule has 3 N–H and O–H groups in total. The fourth-order valence-corrected chi connectivity index (χ4v) is 2.18. The van der Waals surface area contributed by atoms with Crippen LogP contribution in [0, 0.1) is 0 Å². The van der Waals surface area contributed by atoms with Crippen molar-refractivity contribution in [2.75, 3.05) is 6.61 Å². The third-order valence-corrected chi connectivity index (χ3v) is 3.39. The van der Waals surface area contributed by atoms with Crippen LogP contribution >= 0.6 is 0 Å². The van der Waals surface area contributed by atoms with Crippen LogP contribution in [-0.2, 0) is 14.3 Å². The number of esters is 1. The van der Waals surface area contributed by atoms with Gasteiger partial charge in [0.1, 0.15) is 6.10 Å². The second kappa shape index (κ2) is 7.62. The Bertz CT molecular complexity index is 325. The van der Waals surface area contributed by atoms with Crippen LogP contribution in [0.15, 0.2) is 11.6 Å². The van der Waals surface area contributed by atoms with Crippen LogP contribution in [0.3, 0.4) is 0 Å². The zero-order valence-electron chi connectivity index (χ0n) is 12.0. The molecular formula is C14H25NO4. The molecule has 0 aliphatic heterocycles. The average molecular weight is 271 g/mol. The predicted molar refractivity (Wildman–Crippen MR) is 72.6 cm³/mol. The Morgan fingerprint density at radius 3 is 2.63 bits per heavy atom. The van der Waals surface area contributed by atoms with E-state index in [0.717, 1.165) is 12.8 Å². The average Bonchev–Trinajstić information content (AvgIpc) is 2.40. The Morgan fingerprint density at radius 2 is 2.11 bits per heavy atom. The first-order valence-corrected chi connectivity index (χ1v) is 7.00. The van der Waals surface area contributed by atoms with E-state index in [9.17, 15) is 9.90 Å². The van der Waals surface area contributed by atoms with Gasteiger partial charge in [0.25, 0.3) is 0 Å². The fourth-order valence-electron chi connectivity index (χ4n) is 2.18. The molecule has 19 heavy (non-hydrogen) atoms. The highest BCUT2D eigenvalue weighted by Gasteiger charge is 2.33. The second-order valence-corrected chi connectivity index (χ2v) is 4.81. The summed E-state index contributed by atoms with van der Waals surface area (Å²) in [7, 11) is 0. The maximum Gasteiger partial charge on any atom is 0.333 e. The predicted octanol–water partition coefficient (Wildman–Crippen LogP) is 1.14. The quantitative estimate of drug-likeness (QED) is 0.708. The highest BCUT2D eigenvalue weighted by Crippen LogP contribution is 2.23. The number of aliphatic hydroxyl groups is 1. The third-order valence-electron chi connectivity index (χ3n) is 3.39. The standard InChI is InChI=1S/C14H25NO4/c1-4-10(5-2)19-12-8-9(14(17)18-6-3)7-11(15)13(12)16/h8,10-13,16H,4-7,15H2,1-3H3/t11-,12+,13?/m0/s1. The van der Waals surface area contributed by atoms with Crippen LogP contribution in [0.25, 0.3) is 0 Å². The molecule has 0 bridgehead atoms. The molecule has 0 saturated heterocycles. The molecule has 3 atom stereocenters. The molecule has 0 aromatic heterocycles. The van der Waals surface area contributed by atoms with Gasteiger partial charge in [-0.25, -0.2) is 4.79 Å². The van der Waals surface area contributed by atoms with Gasteiger partial charge in [-0.2, -0.15) is 0 Å². The van der Waals surface area contributed by atoms with Crippen molar-refractivity contribution in [1.82, 2.24) is 0 Å². The lowest BCUT2D eigenvalue weighted by Gasteiger charge is -2.33. The molecule has 0 heterocycles. The molecule has 1 unspecified atom stereocenters. The smallest absolute Gasteiger partial charge is 0.333 e. The summed E-state index contributed by atoms with van der Waals surface area (Å²) in [5.41, 5.74) is 6.37. The van der Waals surface area contributed by atoms with Crippen LogP contribution in [0.5, 0.6) is 0 Å². The topological polar surface area (TPSA) is 81.8 Å². The van der Waals surface area contributed by atoms with Gasteiger partial charge in [0, 0.05) is 11.6 Å². The van der Waals surface area contributed by atoms with E-state index in [-0.39, 0.29) is 12.1 Å². The van der Waals surface area contributed by atoms with Gasteiger partial charge < -0.3 is 20.3 Å². The number of carbonyl (C=O) groups is 1. The minimum atomic E-state index is -0.779. The summed E-state index contributed by atoms with van der Waals surface area (Å²) in [5, 5.41) is 10.1. The molecule has 0 radical (unpaired) electrons. The number of hydrogen-bond donors (Lipinski definition) is 2. The Morgan fingerprint density at radius 1 is 1.47 bits per heavy atom. The van der Waals surface area contributed by atoms with Gasteiger partial charge in [0.15, 0.2) is 0 Å². The van der Waals surface area contributed by atoms with Gasteiger partial charge in [-0.15, -0.1) is 0 Å². The molecule has 1 aliphatic carbocycles. The Kier molecular flexibility index (Phi) is 6.48. The Balaban J connectivity index is 2.81. The van der Waals surface area contributed by atoms with Crippen LogP contribution in [0.4, 0.5) is 0 Å². The first-order chi connectivity index (χ1) is 9.03. The molecule has 110 valence electrons. The number of aliphatic hydroxyl groups excluding tert-OH is 1. The van der Waals surface area contributed by atoms with Gasteiger partial charge in [0.05, 0.1) is 18.8 Å². The van der Waals surface area contributed by atoms with Crippen molar-refractivity contribution in [3.05, 3.63) is 11.6 Å². The molecule has 0 aromatic rings. The maximum atomic E-state index is 11.7. The molecule has 0 fully saturated rings. The molecule has 5 nitrogen and oxygen atoms in total. The second-order valence-electron chi connectivity index (χ2n) is 4.81. The summed E-state index contributed by atoms with van der Waals surface area (Å²) >= 11 is 0. The SMILES string of the molecule is CCOC(=O)C1=C[C@@H](OC(CC)CC)C(O)[C@@H](N)C1. The van der Waals surface area contributed by atoms with E-state index in [4.69, 9.17) is 15.2 Å². The van der Waals surface area contributed by atoms with Crippen molar-refractivity contribution in [3.8, 4) is 0 Å². The zero-order chi connectivity index (χ0) is 14.4. The largest absolute Gasteiger partial charge is 0.463 e. The van der Waals surface area contributed by atoms with Crippen molar-refractivity contribution in [3.63, 3.8) is 0 Å². The molecule has 0 spiro atoms. The van der Waals surface area contributed by atoms with E-state index in [1.54, 1.807) is 13.0 Å². The van der Waals surface area contributed by atoms with E-state index in [0.29, 0.717) is 18.6 Å². The summed E-state index contributed by atoms with van der Waals surface area (Å²) in [6.45, 7) is 6.14. The first kappa shape index (κ1) is 16.1. The number of rotatable bonds is 6. The van der Waals surface area contributed by atoms with Crippen molar-refractivity contribution < 1.29 is 19.4 Å². The van der Waals surface area contributed by atoms with Crippen LogP contribution in [-0.4, -0.2) is 42.0 Å². The van der Waals surface area contributed by atoms with Crippen molar-refractivity contribution >= 4 is 5.97 Å². The summed E-state index contributed by atoms with van der Waals surface area (Å²) in [4.78, 5) is 11.7. The van der Waals surface area contributed by atoms with Crippen molar-refractivity contribution in [1.29, 1.82) is 0 Å². The Hall–Kier alpha value is -0.910. The van der Waals surface area contributed by atoms with Gasteiger partial charge in [-0.05, 0) is 32.3 Å². The molecule has 5 heteroatoms. The molecule has 0 saturated carbocycles. The van der Waals surface area contributed by atoms with Gasteiger partial charge in [-0.1, -0.05) is 13.8 Å². The van der Waals surface area contributed by atoms with Crippen LogP contribution < -0.4 is 5.73 Å². The van der Waals surface area contributed by atoms with Crippen LogP contribution in [0.1, 0.15) is 40.0 Å². The maximum absolute atomic E-state index is 11.7. The van der Waals surface area contributed by atoms with E-state index in [1.807, 2.05) is 13.8 Å². The lowest BCUT2D eigenvalue weighted by atomic mass is 9.90. The van der Waals surface area contributed by atoms with E-state index >= 15 is 0 Å². The van der Waals surface area contributed by atoms with E-state index in [1.165, 1.54) is 0 Å². The van der Waals surface area contributed by atoms with Gasteiger partial charge in [-0.3, -0.25) is 0 Å². The molecule has 1 rings (SSSR count). The number of hydrogen-bond acceptors (Lipinski definition) is 5. The minimum absolute atomic E-state index is 0.0599. The number of nitrogens with two attached hydrogens (primary N) is 1. The third kappa shape index (κ3) is 4.30. The Labute approximate surface area is 114 Å². The lowest BCUT2D eigenvalue weighted by Crippen LogP contribution is -2.48. The van der Waals surface area contributed by atoms with E-state index in [2.05, 4.69) is 0 Å². The lowest BCUT2D eigenvalue weighted by molar-refractivity contribution is -0.139. The molecular weight excluding hydrogens is 246 g/mol. The first-order valence-electron chi connectivity index (χ1n) is 7.00.